The van der Waals surface area contributed by atoms with Gasteiger partial charge in [-0.1, -0.05) is 30.9 Å². The Labute approximate surface area is 124 Å². The highest BCUT2D eigenvalue weighted by Crippen LogP contribution is 2.18. The van der Waals surface area contributed by atoms with E-state index in [0.29, 0.717) is 16.8 Å². The van der Waals surface area contributed by atoms with Gasteiger partial charge in [-0.2, -0.15) is 0 Å². The van der Waals surface area contributed by atoms with Crippen molar-refractivity contribution in [1.29, 1.82) is 0 Å². The van der Waals surface area contributed by atoms with E-state index in [1.807, 2.05) is 0 Å². The Hall–Kier alpha value is -1.42. The number of ether oxygens (including phenoxy) is 1. The minimum atomic E-state index is -0.389. The van der Waals surface area contributed by atoms with Gasteiger partial charge in [0.2, 0.25) is 0 Å². The van der Waals surface area contributed by atoms with Crippen LogP contribution >= 0.6 is 11.6 Å². The van der Waals surface area contributed by atoms with Gasteiger partial charge in [0.05, 0.1) is 0 Å². The number of amides is 2. The molecule has 1 aromatic rings. The zero-order valence-electron chi connectivity index (χ0n) is 11.7. The zero-order chi connectivity index (χ0) is 14.4. The Bertz CT molecular complexity index is 430. The number of carbonyl (C=O) groups is 1. The molecule has 0 heterocycles. The van der Waals surface area contributed by atoms with E-state index in [0.717, 1.165) is 12.8 Å². The van der Waals surface area contributed by atoms with E-state index in [-0.39, 0.29) is 12.3 Å². The third-order valence-electron chi connectivity index (χ3n) is 3.40. The summed E-state index contributed by atoms with van der Waals surface area (Å²) in [5.41, 5.74) is 0. The number of halogens is 1. The van der Waals surface area contributed by atoms with Gasteiger partial charge in [0.1, 0.15) is 5.75 Å². The summed E-state index contributed by atoms with van der Waals surface area (Å²) in [6.07, 6.45) is 5.42. The molecule has 110 valence electrons. The summed E-state index contributed by atoms with van der Waals surface area (Å²) < 4.78 is 5.60. The number of hydrogen-bond acceptors (Lipinski definition) is 2. The average molecular weight is 297 g/mol. The number of hydrogen-bond donors (Lipinski definition) is 2. The van der Waals surface area contributed by atoms with Crippen LogP contribution in [0, 0.1) is 0 Å². The fraction of sp³-hybridized carbons (Fsp3) is 0.533. The number of rotatable bonds is 4. The van der Waals surface area contributed by atoms with Crippen LogP contribution in [0.4, 0.5) is 4.79 Å². The molecule has 0 saturated heterocycles. The summed E-state index contributed by atoms with van der Waals surface area (Å²) in [5, 5.41) is 6.44. The molecule has 20 heavy (non-hydrogen) atoms. The van der Waals surface area contributed by atoms with Crippen molar-refractivity contribution in [3.63, 3.8) is 0 Å². The van der Waals surface area contributed by atoms with Gasteiger partial charge in [0.25, 0.3) is 0 Å². The summed E-state index contributed by atoms with van der Waals surface area (Å²) in [4.78, 5) is 11.8. The standard InChI is InChI=1S/C15H21ClN2O2/c1-11(20-14-9-7-12(16)8-10-14)17-15(19)18-13-5-3-2-4-6-13/h7-11,13H,2-6H2,1H3,(H2,17,18,19). The molecule has 0 aromatic heterocycles. The van der Waals surface area contributed by atoms with Crippen LogP contribution < -0.4 is 15.4 Å². The fourth-order valence-electron chi connectivity index (χ4n) is 2.41. The van der Waals surface area contributed by atoms with Crippen molar-refractivity contribution in [2.24, 2.45) is 0 Å². The van der Waals surface area contributed by atoms with Crippen LogP contribution in [-0.4, -0.2) is 18.3 Å². The normalized spacial score (nSPS) is 17.3. The Morgan fingerprint density at radius 1 is 1.25 bits per heavy atom. The Kier molecular flexibility index (Phi) is 5.53. The number of carbonyl (C=O) groups excluding carboxylic acids is 1. The van der Waals surface area contributed by atoms with Crippen LogP contribution in [0.5, 0.6) is 5.75 Å². The highest BCUT2D eigenvalue weighted by Gasteiger charge is 2.16. The van der Waals surface area contributed by atoms with Crippen LogP contribution in [0.3, 0.4) is 0 Å². The molecule has 4 nitrogen and oxygen atoms in total. The van der Waals surface area contributed by atoms with E-state index < -0.39 is 0 Å². The van der Waals surface area contributed by atoms with Gasteiger partial charge in [0, 0.05) is 11.1 Å². The molecule has 5 heteroatoms. The second-order valence-corrected chi connectivity index (χ2v) is 5.60. The molecule has 1 aliphatic rings. The minimum absolute atomic E-state index is 0.168. The lowest BCUT2D eigenvalue weighted by Gasteiger charge is -2.24. The number of nitrogens with one attached hydrogen (secondary N) is 2. The van der Waals surface area contributed by atoms with E-state index in [1.54, 1.807) is 31.2 Å². The van der Waals surface area contributed by atoms with Gasteiger partial charge < -0.3 is 15.4 Å². The third kappa shape index (κ3) is 4.93. The maximum atomic E-state index is 11.8. The van der Waals surface area contributed by atoms with Crippen molar-refractivity contribution in [1.82, 2.24) is 10.6 Å². The summed E-state index contributed by atoms with van der Waals surface area (Å²) in [6.45, 7) is 1.80. The molecule has 0 bridgehead atoms. The summed E-state index contributed by atoms with van der Waals surface area (Å²) in [7, 11) is 0. The number of urea groups is 1. The Morgan fingerprint density at radius 2 is 1.90 bits per heavy atom. The lowest BCUT2D eigenvalue weighted by atomic mass is 9.96. The van der Waals surface area contributed by atoms with Gasteiger partial charge in [-0.05, 0) is 44.0 Å². The first-order valence-electron chi connectivity index (χ1n) is 7.13. The quantitative estimate of drug-likeness (QED) is 0.833. The molecule has 2 amide bonds. The lowest BCUT2D eigenvalue weighted by Crippen LogP contribution is -2.47. The molecule has 2 rings (SSSR count). The van der Waals surface area contributed by atoms with Crippen molar-refractivity contribution < 1.29 is 9.53 Å². The molecule has 0 aliphatic heterocycles. The first-order chi connectivity index (χ1) is 9.63. The highest BCUT2D eigenvalue weighted by molar-refractivity contribution is 6.30. The molecule has 1 unspecified atom stereocenters. The largest absolute Gasteiger partial charge is 0.471 e. The molecule has 2 N–H and O–H groups in total. The monoisotopic (exact) mass is 296 g/mol. The van der Waals surface area contributed by atoms with Crippen molar-refractivity contribution in [3.8, 4) is 5.75 Å². The maximum absolute atomic E-state index is 11.8. The smallest absolute Gasteiger partial charge is 0.317 e. The van der Waals surface area contributed by atoms with Crippen molar-refractivity contribution in [3.05, 3.63) is 29.3 Å². The minimum Gasteiger partial charge on any atom is -0.471 e. The van der Waals surface area contributed by atoms with Gasteiger partial charge in [-0.3, -0.25) is 0 Å². The molecular weight excluding hydrogens is 276 g/mol. The van der Waals surface area contributed by atoms with Crippen molar-refractivity contribution in [2.75, 3.05) is 0 Å². The van der Waals surface area contributed by atoms with E-state index in [4.69, 9.17) is 16.3 Å². The van der Waals surface area contributed by atoms with Crippen LogP contribution in [0.15, 0.2) is 24.3 Å². The van der Waals surface area contributed by atoms with Crippen LogP contribution in [0.25, 0.3) is 0 Å². The molecule has 1 aromatic carbocycles. The van der Waals surface area contributed by atoms with Gasteiger partial charge in [0.15, 0.2) is 6.23 Å². The maximum Gasteiger partial charge on any atom is 0.317 e. The molecule has 1 aliphatic carbocycles. The van der Waals surface area contributed by atoms with Crippen LogP contribution in [0.2, 0.25) is 5.02 Å². The SMILES string of the molecule is CC(NC(=O)NC1CCCCC1)Oc1ccc(Cl)cc1. The average Bonchev–Trinajstić information content (AvgIpc) is 2.42. The predicted molar refractivity (Wildman–Crippen MR) is 80.1 cm³/mol. The summed E-state index contributed by atoms with van der Waals surface area (Å²) >= 11 is 5.81. The van der Waals surface area contributed by atoms with E-state index >= 15 is 0 Å². The Balaban J connectivity index is 1.74. The van der Waals surface area contributed by atoms with Crippen molar-refractivity contribution >= 4 is 17.6 Å². The van der Waals surface area contributed by atoms with Crippen LogP contribution in [0.1, 0.15) is 39.0 Å². The molecule has 1 saturated carbocycles. The first-order valence-corrected chi connectivity index (χ1v) is 7.50. The third-order valence-corrected chi connectivity index (χ3v) is 3.65. The summed E-state index contributed by atoms with van der Waals surface area (Å²) in [5.74, 6) is 0.680. The van der Waals surface area contributed by atoms with Gasteiger partial charge in [-0.15, -0.1) is 0 Å². The van der Waals surface area contributed by atoms with E-state index in [1.165, 1.54) is 19.3 Å². The summed E-state index contributed by atoms with van der Waals surface area (Å²) in [6, 6.07) is 7.20. The van der Waals surface area contributed by atoms with Crippen LogP contribution in [-0.2, 0) is 0 Å². The lowest BCUT2D eigenvalue weighted by molar-refractivity contribution is 0.173. The van der Waals surface area contributed by atoms with Gasteiger partial charge in [-0.25, -0.2) is 4.79 Å². The second kappa shape index (κ2) is 7.39. The second-order valence-electron chi connectivity index (χ2n) is 5.17. The molecular formula is C15H21ClN2O2. The van der Waals surface area contributed by atoms with E-state index in [9.17, 15) is 4.79 Å². The van der Waals surface area contributed by atoms with Crippen molar-refractivity contribution in [2.45, 2.75) is 51.3 Å². The first kappa shape index (κ1) is 15.0. The molecule has 1 atom stereocenters. The fourth-order valence-corrected chi connectivity index (χ4v) is 2.53. The number of benzene rings is 1. The topological polar surface area (TPSA) is 50.4 Å². The zero-order valence-corrected chi connectivity index (χ0v) is 12.5. The highest BCUT2D eigenvalue weighted by atomic mass is 35.5. The molecule has 0 spiro atoms. The predicted octanol–water partition coefficient (Wildman–Crippen LogP) is 3.70. The Morgan fingerprint density at radius 3 is 2.55 bits per heavy atom. The molecule has 1 fully saturated rings. The molecule has 0 radical (unpaired) electrons. The van der Waals surface area contributed by atoms with E-state index in [2.05, 4.69) is 10.6 Å². The van der Waals surface area contributed by atoms with Gasteiger partial charge >= 0.3 is 6.03 Å².